The van der Waals surface area contributed by atoms with Gasteiger partial charge < -0.3 is 23.7 Å². The van der Waals surface area contributed by atoms with Gasteiger partial charge >= 0.3 is 11.9 Å². The zero-order chi connectivity index (χ0) is 33.1. The molecule has 4 fully saturated rings. The first kappa shape index (κ1) is 38.6. The first-order chi connectivity index (χ1) is 23.1. The Morgan fingerprint density at radius 1 is 0.447 bits per heavy atom. The number of carbonyl (C=O) groups excluding carboxylic acids is 2. The molecule has 0 spiro atoms. The molecule has 1 aliphatic carbocycles. The van der Waals surface area contributed by atoms with E-state index in [9.17, 15) is 9.59 Å². The van der Waals surface area contributed by atoms with E-state index in [0.29, 0.717) is 50.5 Å². The minimum Gasteiger partial charge on any atom is -0.465 e. The van der Waals surface area contributed by atoms with Crippen molar-refractivity contribution < 1.29 is 33.3 Å². The van der Waals surface area contributed by atoms with Gasteiger partial charge in [0.25, 0.3) is 0 Å². The molecule has 0 radical (unpaired) electrons. The predicted molar refractivity (Wildman–Crippen MR) is 186 cm³/mol. The maximum atomic E-state index is 13.0. The second kappa shape index (κ2) is 22.5. The zero-order valence-corrected chi connectivity index (χ0v) is 30.3. The van der Waals surface area contributed by atoms with Gasteiger partial charge in [-0.25, -0.2) is 0 Å². The minimum atomic E-state index is -0.433. The second-order valence-electron chi connectivity index (χ2n) is 15.2. The highest BCUT2D eigenvalue weighted by Gasteiger charge is 2.53. The van der Waals surface area contributed by atoms with E-state index in [1.54, 1.807) is 0 Å². The first-order valence-corrected chi connectivity index (χ1v) is 20.4. The fourth-order valence-electron chi connectivity index (χ4n) is 7.73. The number of hydrogen-bond acceptors (Lipinski definition) is 7. The highest BCUT2D eigenvalue weighted by molar-refractivity contribution is 5.82. The molecule has 272 valence electrons. The Morgan fingerprint density at radius 3 is 1.13 bits per heavy atom. The van der Waals surface area contributed by atoms with Crippen molar-refractivity contribution in [3.8, 4) is 0 Å². The standard InChI is InChI=1S/C40H70O7/c1-3-5-7-17-23-33-35(45-33)25-19-13-9-11-15-21-27-43-39(41)31-29-37-38(47-37)30-32(31)40(42)44-28-22-16-12-10-14-20-26-36-34(46-36)24-18-8-6-4-2/h31-38H,3-30H2,1-2H3. The lowest BCUT2D eigenvalue weighted by atomic mass is 9.79. The fourth-order valence-corrected chi connectivity index (χ4v) is 7.73. The van der Waals surface area contributed by atoms with Crippen LogP contribution in [0.3, 0.4) is 0 Å². The summed E-state index contributed by atoms with van der Waals surface area (Å²) in [7, 11) is 0. The quantitative estimate of drug-likeness (QED) is 0.0430. The zero-order valence-electron chi connectivity index (χ0n) is 30.3. The van der Waals surface area contributed by atoms with Crippen LogP contribution in [0.4, 0.5) is 0 Å². The number of epoxide rings is 3. The summed E-state index contributed by atoms with van der Waals surface area (Å²) in [6, 6.07) is 0. The van der Waals surface area contributed by atoms with Crippen LogP contribution in [0.5, 0.6) is 0 Å². The van der Waals surface area contributed by atoms with Crippen LogP contribution in [-0.4, -0.2) is 61.8 Å². The summed E-state index contributed by atoms with van der Waals surface area (Å²) in [5.74, 6) is -1.35. The Balaban J connectivity index is 0.943. The SMILES string of the molecule is CCCCCCC1OC1CCCCCCCCOC(=O)C1CC2OC2CC1C(=O)OCCCCCCCCC1OC1CCCCCC. The molecular formula is C40H70O7. The average molecular weight is 663 g/mol. The third-order valence-electron chi connectivity index (χ3n) is 11.1. The Morgan fingerprint density at radius 2 is 0.766 bits per heavy atom. The smallest absolute Gasteiger partial charge is 0.309 e. The summed E-state index contributed by atoms with van der Waals surface area (Å²) in [6.07, 6.45) is 32.8. The van der Waals surface area contributed by atoms with Gasteiger partial charge in [-0.2, -0.15) is 0 Å². The van der Waals surface area contributed by atoms with Crippen LogP contribution >= 0.6 is 0 Å². The van der Waals surface area contributed by atoms with E-state index in [-0.39, 0.29) is 24.1 Å². The van der Waals surface area contributed by atoms with Crippen molar-refractivity contribution in [2.24, 2.45) is 11.8 Å². The van der Waals surface area contributed by atoms with Gasteiger partial charge in [-0.1, -0.05) is 129 Å². The number of rotatable bonds is 30. The highest BCUT2D eigenvalue weighted by atomic mass is 16.6. The van der Waals surface area contributed by atoms with Gasteiger partial charge in [-0.05, 0) is 51.4 Å². The van der Waals surface area contributed by atoms with E-state index in [4.69, 9.17) is 23.7 Å². The number of esters is 2. The second-order valence-corrected chi connectivity index (χ2v) is 15.2. The molecule has 7 nitrogen and oxygen atoms in total. The van der Waals surface area contributed by atoms with E-state index in [1.165, 1.54) is 128 Å². The molecule has 3 heterocycles. The molecule has 47 heavy (non-hydrogen) atoms. The van der Waals surface area contributed by atoms with Gasteiger partial charge in [0.1, 0.15) is 0 Å². The van der Waals surface area contributed by atoms with Crippen LogP contribution < -0.4 is 0 Å². The summed E-state index contributed by atoms with van der Waals surface area (Å²) in [6.45, 7) is 5.39. The summed E-state index contributed by atoms with van der Waals surface area (Å²) >= 11 is 0. The van der Waals surface area contributed by atoms with Gasteiger partial charge in [0, 0.05) is 0 Å². The lowest BCUT2D eigenvalue weighted by Gasteiger charge is -2.26. The topological polar surface area (TPSA) is 90.2 Å². The predicted octanol–water partition coefficient (Wildman–Crippen LogP) is 9.80. The van der Waals surface area contributed by atoms with Crippen LogP contribution in [0, 0.1) is 11.8 Å². The van der Waals surface area contributed by atoms with Crippen molar-refractivity contribution in [2.75, 3.05) is 13.2 Å². The molecule has 0 bridgehead atoms. The molecule has 3 saturated heterocycles. The number of unbranched alkanes of at least 4 members (excludes halogenated alkanes) is 16. The van der Waals surface area contributed by atoms with Gasteiger partial charge in [0.15, 0.2) is 0 Å². The lowest BCUT2D eigenvalue weighted by Crippen LogP contribution is -2.37. The van der Waals surface area contributed by atoms with E-state index >= 15 is 0 Å². The van der Waals surface area contributed by atoms with Crippen molar-refractivity contribution in [1.29, 1.82) is 0 Å². The third-order valence-corrected chi connectivity index (χ3v) is 11.1. The average Bonchev–Trinajstić information content (AvgIpc) is 3.99. The fraction of sp³-hybridized carbons (Fsp3) is 0.950. The molecule has 0 aromatic carbocycles. The Kier molecular flexibility index (Phi) is 18.5. The number of fused-ring (bicyclic) bond motifs is 1. The molecular weight excluding hydrogens is 592 g/mol. The largest absolute Gasteiger partial charge is 0.465 e. The summed E-state index contributed by atoms with van der Waals surface area (Å²) in [5.41, 5.74) is 0. The Bertz CT molecular complexity index is 796. The van der Waals surface area contributed by atoms with E-state index in [0.717, 1.165) is 25.7 Å². The molecule has 8 atom stereocenters. The summed E-state index contributed by atoms with van der Waals surface area (Å²) in [5, 5.41) is 0. The van der Waals surface area contributed by atoms with Crippen LogP contribution in [0.25, 0.3) is 0 Å². The molecule has 1 saturated carbocycles. The molecule has 4 aliphatic rings. The molecule has 0 amide bonds. The van der Waals surface area contributed by atoms with Crippen LogP contribution in [0.1, 0.15) is 181 Å². The third kappa shape index (κ3) is 15.5. The van der Waals surface area contributed by atoms with E-state index < -0.39 is 11.8 Å². The van der Waals surface area contributed by atoms with Gasteiger partial charge in [0.05, 0.1) is 61.7 Å². The number of carbonyl (C=O) groups is 2. The molecule has 0 N–H and O–H groups in total. The molecule has 0 aromatic heterocycles. The van der Waals surface area contributed by atoms with E-state index in [1.807, 2.05) is 0 Å². The Hall–Kier alpha value is -1.18. The monoisotopic (exact) mass is 663 g/mol. The van der Waals surface area contributed by atoms with Crippen molar-refractivity contribution >= 4 is 11.9 Å². The lowest BCUT2D eigenvalue weighted by molar-refractivity contribution is -0.162. The van der Waals surface area contributed by atoms with Crippen LogP contribution in [-0.2, 0) is 33.3 Å². The van der Waals surface area contributed by atoms with Crippen molar-refractivity contribution in [3.05, 3.63) is 0 Å². The van der Waals surface area contributed by atoms with Crippen LogP contribution in [0.15, 0.2) is 0 Å². The molecule has 4 rings (SSSR count). The molecule has 7 heteroatoms. The highest BCUT2D eigenvalue weighted by Crippen LogP contribution is 2.44. The summed E-state index contributed by atoms with van der Waals surface area (Å²) < 4.78 is 28.7. The van der Waals surface area contributed by atoms with Crippen molar-refractivity contribution in [1.82, 2.24) is 0 Å². The van der Waals surface area contributed by atoms with Crippen molar-refractivity contribution in [3.63, 3.8) is 0 Å². The first-order valence-electron chi connectivity index (χ1n) is 20.4. The molecule has 3 aliphatic heterocycles. The van der Waals surface area contributed by atoms with Crippen LogP contribution in [0.2, 0.25) is 0 Å². The number of hydrogen-bond donors (Lipinski definition) is 0. The molecule has 8 unspecified atom stereocenters. The minimum absolute atomic E-state index is 0.108. The molecule has 0 aromatic rings. The van der Waals surface area contributed by atoms with Gasteiger partial charge in [-0.15, -0.1) is 0 Å². The maximum Gasteiger partial charge on any atom is 0.309 e. The summed E-state index contributed by atoms with van der Waals surface area (Å²) in [4.78, 5) is 26.0. The van der Waals surface area contributed by atoms with Gasteiger partial charge in [0.2, 0.25) is 0 Å². The van der Waals surface area contributed by atoms with E-state index in [2.05, 4.69) is 13.8 Å². The Labute approximate surface area is 287 Å². The maximum absolute atomic E-state index is 13.0. The normalized spacial score (nSPS) is 28.9. The number of ether oxygens (including phenoxy) is 5. The van der Waals surface area contributed by atoms with Crippen molar-refractivity contribution in [2.45, 2.75) is 217 Å². The van der Waals surface area contributed by atoms with Gasteiger partial charge in [-0.3, -0.25) is 9.59 Å².